The monoisotopic (exact) mass is 286 g/mol. The van der Waals surface area contributed by atoms with E-state index in [0.717, 1.165) is 12.8 Å². The van der Waals surface area contributed by atoms with Gasteiger partial charge in [-0.2, -0.15) is 0 Å². The minimum absolute atomic E-state index is 0.0755. The number of nitrogens with two attached hydrogens (primary N) is 1. The lowest BCUT2D eigenvalue weighted by Gasteiger charge is -2.12. The Morgan fingerprint density at radius 3 is 2.75 bits per heavy atom. The SMILES string of the molecule is NCC1(C(=O)Nc2ccc(F)c(Br)c2)CC1. The third-order valence-corrected chi connectivity index (χ3v) is 3.51. The van der Waals surface area contributed by atoms with Crippen molar-refractivity contribution < 1.29 is 9.18 Å². The van der Waals surface area contributed by atoms with Crippen LogP contribution in [0.5, 0.6) is 0 Å². The van der Waals surface area contributed by atoms with Crippen LogP contribution >= 0.6 is 15.9 Å². The van der Waals surface area contributed by atoms with Gasteiger partial charge in [-0.25, -0.2) is 4.39 Å². The summed E-state index contributed by atoms with van der Waals surface area (Å²) >= 11 is 3.07. The normalized spacial score (nSPS) is 16.9. The lowest BCUT2D eigenvalue weighted by molar-refractivity contribution is -0.120. The molecule has 0 radical (unpaired) electrons. The molecule has 1 amide bonds. The van der Waals surface area contributed by atoms with Gasteiger partial charge in [0, 0.05) is 12.2 Å². The Hall–Kier alpha value is -0.940. The second kappa shape index (κ2) is 4.14. The Morgan fingerprint density at radius 1 is 1.56 bits per heavy atom. The molecule has 86 valence electrons. The molecule has 5 heteroatoms. The number of hydrogen-bond acceptors (Lipinski definition) is 2. The molecule has 0 aliphatic heterocycles. The molecule has 0 heterocycles. The fourth-order valence-corrected chi connectivity index (χ4v) is 1.89. The molecule has 0 spiro atoms. The smallest absolute Gasteiger partial charge is 0.231 e. The summed E-state index contributed by atoms with van der Waals surface area (Å²) in [6.07, 6.45) is 1.66. The highest BCUT2D eigenvalue weighted by Gasteiger charge is 2.48. The average molecular weight is 287 g/mol. The second-order valence-electron chi connectivity index (χ2n) is 4.07. The summed E-state index contributed by atoms with van der Waals surface area (Å²) in [6.45, 7) is 0.362. The zero-order valence-electron chi connectivity index (χ0n) is 8.59. The number of benzene rings is 1. The topological polar surface area (TPSA) is 55.1 Å². The number of hydrogen-bond donors (Lipinski definition) is 2. The molecular weight excluding hydrogens is 275 g/mol. The third kappa shape index (κ3) is 2.10. The quantitative estimate of drug-likeness (QED) is 0.896. The minimum Gasteiger partial charge on any atom is -0.329 e. The van der Waals surface area contributed by atoms with E-state index in [1.165, 1.54) is 12.1 Å². The zero-order chi connectivity index (χ0) is 11.8. The number of carbonyl (C=O) groups excluding carboxylic acids is 1. The van der Waals surface area contributed by atoms with Crippen molar-refractivity contribution in [3.63, 3.8) is 0 Å². The van der Waals surface area contributed by atoms with E-state index < -0.39 is 0 Å². The predicted octanol–water partition coefficient (Wildman–Crippen LogP) is 2.27. The van der Waals surface area contributed by atoms with Gasteiger partial charge in [0.25, 0.3) is 0 Å². The Kier molecular flexibility index (Phi) is 2.99. The van der Waals surface area contributed by atoms with Crippen molar-refractivity contribution in [2.24, 2.45) is 11.1 Å². The second-order valence-corrected chi connectivity index (χ2v) is 4.92. The van der Waals surface area contributed by atoms with Crippen molar-refractivity contribution in [3.05, 3.63) is 28.5 Å². The highest BCUT2D eigenvalue weighted by atomic mass is 79.9. The van der Waals surface area contributed by atoms with E-state index in [1.54, 1.807) is 6.07 Å². The number of amides is 1. The van der Waals surface area contributed by atoms with E-state index in [4.69, 9.17) is 5.73 Å². The number of anilines is 1. The van der Waals surface area contributed by atoms with Gasteiger partial charge in [-0.15, -0.1) is 0 Å². The Bertz CT molecular complexity index is 432. The van der Waals surface area contributed by atoms with Gasteiger partial charge in [0.1, 0.15) is 5.82 Å². The van der Waals surface area contributed by atoms with Crippen LogP contribution in [0.15, 0.2) is 22.7 Å². The molecule has 1 aliphatic rings. The van der Waals surface area contributed by atoms with Crippen LogP contribution in [-0.4, -0.2) is 12.5 Å². The van der Waals surface area contributed by atoms with E-state index in [0.29, 0.717) is 16.7 Å². The van der Waals surface area contributed by atoms with E-state index >= 15 is 0 Å². The first-order valence-corrected chi connectivity index (χ1v) is 5.83. The van der Waals surface area contributed by atoms with Gasteiger partial charge < -0.3 is 11.1 Å². The number of nitrogens with one attached hydrogen (secondary N) is 1. The van der Waals surface area contributed by atoms with Gasteiger partial charge in [-0.1, -0.05) is 0 Å². The molecule has 1 aromatic rings. The first kappa shape index (κ1) is 11.5. The summed E-state index contributed by atoms with van der Waals surface area (Å²) in [6, 6.07) is 4.38. The van der Waals surface area contributed by atoms with Crippen LogP contribution in [0.1, 0.15) is 12.8 Å². The lowest BCUT2D eigenvalue weighted by Crippen LogP contribution is -2.30. The maximum absolute atomic E-state index is 13.0. The molecule has 3 N–H and O–H groups in total. The van der Waals surface area contributed by atoms with Gasteiger partial charge in [0.15, 0.2) is 0 Å². The average Bonchev–Trinajstić information content (AvgIpc) is 3.04. The van der Waals surface area contributed by atoms with Gasteiger partial charge in [-0.3, -0.25) is 4.79 Å². The summed E-state index contributed by atoms with van der Waals surface area (Å²) in [5.74, 6) is -0.425. The number of carbonyl (C=O) groups is 1. The molecule has 2 rings (SSSR count). The lowest BCUT2D eigenvalue weighted by atomic mass is 10.1. The molecule has 0 atom stereocenters. The molecule has 1 aliphatic carbocycles. The van der Waals surface area contributed by atoms with E-state index in [9.17, 15) is 9.18 Å². The van der Waals surface area contributed by atoms with Crippen LogP contribution in [0, 0.1) is 11.2 Å². The zero-order valence-corrected chi connectivity index (χ0v) is 10.2. The molecule has 16 heavy (non-hydrogen) atoms. The van der Waals surface area contributed by atoms with Crippen LogP contribution < -0.4 is 11.1 Å². The van der Waals surface area contributed by atoms with Crippen molar-refractivity contribution in [1.29, 1.82) is 0 Å². The number of rotatable bonds is 3. The van der Waals surface area contributed by atoms with Crippen molar-refractivity contribution in [3.8, 4) is 0 Å². The third-order valence-electron chi connectivity index (χ3n) is 2.90. The van der Waals surface area contributed by atoms with Crippen LogP contribution in [0.3, 0.4) is 0 Å². The van der Waals surface area contributed by atoms with Crippen LogP contribution in [-0.2, 0) is 4.79 Å². The first-order chi connectivity index (χ1) is 7.57. The van der Waals surface area contributed by atoms with Crippen LogP contribution in [0.2, 0.25) is 0 Å². The minimum atomic E-state index is -0.388. The molecule has 3 nitrogen and oxygen atoms in total. The standard InChI is InChI=1S/C11H12BrFN2O/c12-8-5-7(1-2-9(8)13)15-10(16)11(6-14)3-4-11/h1-2,5H,3-4,6,14H2,(H,15,16). The Labute approximate surface area is 101 Å². The molecule has 0 unspecified atom stereocenters. The van der Waals surface area contributed by atoms with Gasteiger partial charge in [0.2, 0.25) is 5.91 Å². The number of halogens is 2. The van der Waals surface area contributed by atoms with Crippen molar-refractivity contribution in [2.45, 2.75) is 12.8 Å². The summed E-state index contributed by atoms with van der Waals surface area (Å²) < 4.78 is 13.3. The molecular formula is C11H12BrFN2O. The van der Waals surface area contributed by atoms with Gasteiger partial charge >= 0.3 is 0 Å². The summed E-state index contributed by atoms with van der Waals surface area (Å²) in [7, 11) is 0. The van der Waals surface area contributed by atoms with E-state index in [-0.39, 0.29) is 17.1 Å². The molecule has 1 saturated carbocycles. The van der Waals surface area contributed by atoms with E-state index in [2.05, 4.69) is 21.2 Å². The fourth-order valence-electron chi connectivity index (χ4n) is 1.51. The maximum atomic E-state index is 13.0. The highest BCUT2D eigenvalue weighted by Crippen LogP contribution is 2.45. The molecule has 0 bridgehead atoms. The molecule has 0 aromatic heterocycles. The summed E-state index contributed by atoms with van der Waals surface area (Å²) in [4.78, 5) is 11.8. The molecule has 1 aromatic carbocycles. The van der Waals surface area contributed by atoms with Crippen molar-refractivity contribution in [1.82, 2.24) is 0 Å². The van der Waals surface area contributed by atoms with Crippen LogP contribution in [0.4, 0.5) is 10.1 Å². The van der Waals surface area contributed by atoms with Gasteiger partial charge in [0.05, 0.1) is 9.89 Å². The summed E-state index contributed by atoms with van der Waals surface area (Å²) in [5, 5.41) is 2.75. The largest absolute Gasteiger partial charge is 0.329 e. The van der Waals surface area contributed by atoms with Crippen molar-refractivity contribution >= 4 is 27.5 Å². The summed E-state index contributed by atoms with van der Waals surface area (Å²) in [5.41, 5.74) is 5.74. The van der Waals surface area contributed by atoms with Gasteiger partial charge in [-0.05, 0) is 47.0 Å². The molecule has 1 fully saturated rings. The molecule has 0 saturated heterocycles. The maximum Gasteiger partial charge on any atom is 0.231 e. The predicted molar refractivity (Wildman–Crippen MR) is 63.5 cm³/mol. The first-order valence-electron chi connectivity index (χ1n) is 5.04. The highest BCUT2D eigenvalue weighted by molar-refractivity contribution is 9.10. The Balaban J connectivity index is 2.09. The van der Waals surface area contributed by atoms with Crippen LogP contribution in [0.25, 0.3) is 0 Å². The Morgan fingerprint density at radius 2 is 2.25 bits per heavy atom. The van der Waals surface area contributed by atoms with Crippen molar-refractivity contribution in [2.75, 3.05) is 11.9 Å². The fraction of sp³-hybridized carbons (Fsp3) is 0.364. The van der Waals surface area contributed by atoms with E-state index in [1.807, 2.05) is 0 Å².